The van der Waals surface area contributed by atoms with Gasteiger partial charge in [-0.1, -0.05) is 30.7 Å². The molecule has 0 aromatic heterocycles. The number of rotatable bonds is 8. The van der Waals surface area contributed by atoms with Crippen LogP contribution in [-0.2, 0) is 22.5 Å². The standard InChI is InChI=1S/C22H34N2O2/c1-23(14-15-26-2)17-20-8-6-18(7-9-20)16-19-10-12-24(13-11-19)22(25)21-4-3-5-21/h6-9,19,21H,3-5,10-17H2,1-2H3. The van der Waals surface area contributed by atoms with Crippen LogP contribution in [-0.4, -0.2) is 56.1 Å². The van der Waals surface area contributed by atoms with E-state index in [-0.39, 0.29) is 0 Å². The average Bonchev–Trinajstić information content (AvgIpc) is 2.61. The topological polar surface area (TPSA) is 32.8 Å². The Bertz CT molecular complexity index is 560. The van der Waals surface area contributed by atoms with Crippen molar-refractivity contribution in [1.82, 2.24) is 9.80 Å². The van der Waals surface area contributed by atoms with Gasteiger partial charge >= 0.3 is 0 Å². The van der Waals surface area contributed by atoms with Gasteiger partial charge in [0.15, 0.2) is 0 Å². The molecule has 0 atom stereocenters. The van der Waals surface area contributed by atoms with Gasteiger partial charge < -0.3 is 9.64 Å². The van der Waals surface area contributed by atoms with Crippen LogP contribution in [0.3, 0.4) is 0 Å². The van der Waals surface area contributed by atoms with Crippen molar-refractivity contribution < 1.29 is 9.53 Å². The highest BCUT2D eigenvalue weighted by Crippen LogP contribution is 2.30. The number of methoxy groups -OCH3 is 1. The lowest BCUT2D eigenvalue weighted by atomic mass is 9.83. The van der Waals surface area contributed by atoms with Crippen LogP contribution in [0.2, 0.25) is 0 Å². The second kappa shape index (κ2) is 9.52. The summed E-state index contributed by atoms with van der Waals surface area (Å²) in [5.74, 6) is 1.49. The minimum Gasteiger partial charge on any atom is -0.383 e. The molecule has 1 aromatic rings. The van der Waals surface area contributed by atoms with Crippen LogP contribution < -0.4 is 0 Å². The van der Waals surface area contributed by atoms with Crippen LogP contribution in [0, 0.1) is 11.8 Å². The number of piperidine rings is 1. The highest BCUT2D eigenvalue weighted by atomic mass is 16.5. The number of carbonyl (C=O) groups is 1. The van der Waals surface area contributed by atoms with Crippen molar-refractivity contribution >= 4 is 5.91 Å². The summed E-state index contributed by atoms with van der Waals surface area (Å²) in [6.45, 7) is 4.61. The minimum atomic E-state index is 0.348. The molecule has 1 saturated carbocycles. The number of ether oxygens (including phenoxy) is 1. The molecule has 4 heteroatoms. The molecule has 2 fully saturated rings. The molecule has 0 radical (unpaired) electrons. The molecule has 0 spiro atoms. The molecule has 1 heterocycles. The Kier molecular flexibility index (Phi) is 7.09. The van der Waals surface area contributed by atoms with Crippen molar-refractivity contribution in [2.24, 2.45) is 11.8 Å². The lowest BCUT2D eigenvalue weighted by Gasteiger charge is -2.36. The van der Waals surface area contributed by atoms with E-state index in [1.54, 1.807) is 7.11 Å². The number of amides is 1. The normalized spacial score (nSPS) is 19.0. The second-order valence-electron chi connectivity index (χ2n) is 8.15. The smallest absolute Gasteiger partial charge is 0.225 e. The van der Waals surface area contributed by atoms with Gasteiger partial charge in [-0.2, -0.15) is 0 Å². The van der Waals surface area contributed by atoms with E-state index in [1.807, 2.05) is 0 Å². The summed E-state index contributed by atoms with van der Waals surface area (Å²) in [6, 6.07) is 9.08. The molecule has 2 aliphatic rings. The molecular weight excluding hydrogens is 324 g/mol. The number of hydrogen-bond donors (Lipinski definition) is 0. The van der Waals surface area contributed by atoms with E-state index < -0.39 is 0 Å². The zero-order valence-electron chi connectivity index (χ0n) is 16.5. The van der Waals surface area contributed by atoms with Crippen molar-refractivity contribution in [1.29, 1.82) is 0 Å². The maximum absolute atomic E-state index is 12.4. The summed E-state index contributed by atoms with van der Waals surface area (Å²) in [4.78, 5) is 16.8. The fraction of sp³-hybridized carbons (Fsp3) is 0.682. The van der Waals surface area contributed by atoms with Gasteiger partial charge in [0.2, 0.25) is 5.91 Å². The number of carbonyl (C=O) groups excluding carboxylic acids is 1. The first-order chi connectivity index (χ1) is 12.7. The lowest BCUT2D eigenvalue weighted by molar-refractivity contribution is -0.139. The predicted octanol–water partition coefficient (Wildman–Crippen LogP) is 3.35. The van der Waals surface area contributed by atoms with E-state index in [4.69, 9.17) is 4.74 Å². The largest absolute Gasteiger partial charge is 0.383 e. The van der Waals surface area contributed by atoms with E-state index in [9.17, 15) is 4.79 Å². The van der Waals surface area contributed by atoms with Crippen molar-refractivity contribution in [2.75, 3.05) is 40.4 Å². The second-order valence-corrected chi connectivity index (χ2v) is 8.15. The zero-order valence-corrected chi connectivity index (χ0v) is 16.5. The SMILES string of the molecule is COCCN(C)Cc1ccc(CC2CCN(C(=O)C3CCC3)CC2)cc1. The first kappa shape index (κ1) is 19.4. The van der Waals surface area contributed by atoms with Crippen LogP contribution in [0.25, 0.3) is 0 Å². The number of likely N-dealkylation sites (N-methyl/N-ethyl adjacent to an activating group) is 1. The highest BCUT2D eigenvalue weighted by Gasteiger charge is 2.31. The fourth-order valence-corrected chi connectivity index (χ4v) is 4.02. The first-order valence-electron chi connectivity index (χ1n) is 10.2. The third kappa shape index (κ3) is 5.31. The van der Waals surface area contributed by atoms with Gasteiger partial charge in [0.25, 0.3) is 0 Å². The van der Waals surface area contributed by atoms with Crippen molar-refractivity contribution in [2.45, 2.75) is 45.1 Å². The van der Waals surface area contributed by atoms with E-state index in [1.165, 1.54) is 17.5 Å². The van der Waals surface area contributed by atoms with Crippen LogP contribution in [0.1, 0.15) is 43.2 Å². The number of benzene rings is 1. The van der Waals surface area contributed by atoms with Crippen molar-refractivity contribution in [3.63, 3.8) is 0 Å². The average molecular weight is 359 g/mol. The number of nitrogens with zero attached hydrogens (tertiary/aromatic N) is 2. The van der Waals surface area contributed by atoms with Crippen LogP contribution >= 0.6 is 0 Å². The molecule has 144 valence electrons. The summed E-state index contributed by atoms with van der Waals surface area (Å²) in [5.41, 5.74) is 2.78. The molecule has 0 bridgehead atoms. The minimum absolute atomic E-state index is 0.348. The Balaban J connectivity index is 1.41. The van der Waals surface area contributed by atoms with E-state index in [0.29, 0.717) is 11.8 Å². The van der Waals surface area contributed by atoms with Crippen LogP contribution in [0.15, 0.2) is 24.3 Å². The monoisotopic (exact) mass is 358 g/mol. The first-order valence-corrected chi connectivity index (χ1v) is 10.2. The molecule has 1 aliphatic heterocycles. The fourth-order valence-electron chi connectivity index (χ4n) is 4.02. The number of likely N-dealkylation sites (tertiary alicyclic amines) is 1. The van der Waals surface area contributed by atoms with Gasteiger partial charge in [0, 0.05) is 39.2 Å². The molecule has 0 unspecified atom stereocenters. The highest BCUT2D eigenvalue weighted by molar-refractivity contribution is 5.79. The molecule has 1 amide bonds. The third-order valence-corrected chi connectivity index (χ3v) is 6.06. The Morgan fingerprint density at radius 1 is 1.12 bits per heavy atom. The lowest BCUT2D eigenvalue weighted by Crippen LogP contribution is -2.43. The van der Waals surface area contributed by atoms with E-state index >= 15 is 0 Å². The van der Waals surface area contributed by atoms with Crippen LogP contribution in [0.5, 0.6) is 0 Å². The maximum atomic E-state index is 12.4. The van der Waals surface area contributed by atoms with Gasteiger partial charge in [0.05, 0.1) is 6.61 Å². The molecular formula is C22H34N2O2. The Morgan fingerprint density at radius 2 is 1.77 bits per heavy atom. The molecule has 1 aromatic carbocycles. The van der Waals surface area contributed by atoms with Crippen LogP contribution in [0.4, 0.5) is 0 Å². The Morgan fingerprint density at radius 3 is 2.35 bits per heavy atom. The van der Waals surface area contributed by atoms with E-state index in [2.05, 4.69) is 41.1 Å². The van der Waals surface area contributed by atoms with Gasteiger partial charge in [0.1, 0.15) is 0 Å². The van der Waals surface area contributed by atoms with Crippen molar-refractivity contribution in [3.05, 3.63) is 35.4 Å². The van der Waals surface area contributed by atoms with Gasteiger partial charge in [-0.15, -0.1) is 0 Å². The molecule has 1 aliphatic carbocycles. The summed E-state index contributed by atoms with van der Waals surface area (Å²) in [7, 11) is 3.88. The predicted molar refractivity (Wildman–Crippen MR) is 105 cm³/mol. The quantitative estimate of drug-likeness (QED) is 0.714. The number of hydrogen-bond acceptors (Lipinski definition) is 3. The molecule has 3 rings (SSSR count). The molecule has 0 N–H and O–H groups in total. The summed E-state index contributed by atoms with van der Waals surface area (Å²) in [5, 5.41) is 0. The summed E-state index contributed by atoms with van der Waals surface area (Å²) >= 11 is 0. The summed E-state index contributed by atoms with van der Waals surface area (Å²) < 4.78 is 5.13. The van der Waals surface area contributed by atoms with Gasteiger partial charge in [-0.25, -0.2) is 0 Å². The van der Waals surface area contributed by atoms with Gasteiger partial charge in [-0.05, 0) is 56.2 Å². The maximum Gasteiger partial charge on any atom is 0.225 e. The molecule has 26 heavy (non-hydrogen) atoms. The summed E-state index contributed by atoms with van der Waals surface area (Å²) in [6.07, 6.45) is 6.92. The molecule has 4 nitrogen and oxygen atoms in total. The zero-order chi connectivity index (χ0) is 18.4. The van der Waals surface area contributed by atoms with Crippen molar-refractivity contribution in [3.8, 4) is 0 Å². The Labute approximate surface area is 158 Å². The Hall–Kier alpha value is -1.39. The molecule has 1 saturated heterocycles. The van der Waals surface area contributed by atoms with E-state index in [0.717, 1.165) is 70.8 Å². The van der Waals surface area contributed by atoms with Gasteiger partial charge in [-0.3, -0.25) is 9.69 Å². The third-order valence-electron chi connectivity index (χ3n) is 6.06.